The van der Waals surface area contributed by atoms with Crippen molar-refractivity contribution in [1.29, 1.82) is 0 Å². The van der Waals surface area contributed by atoms with E-state index in [2.05, 4.69) is 4.74 Å². The lowest BCUT2D eigenvalue weighted by Crippen LogP contribution is -2.10. The molecular weight excluding hydrogens is 228 g/mol. The summed E-state index contributed by atoms with van der Waals surface area (Å²) < 4.78 is 54.4. The van der Waals surface area contributed by atoms with Crippen molar-refractivity contribution in [1.82, 2.24) is 0 Å². The Labute approximate surface area is 89.5 Å². The number of halogens is 4. The van der Waals surface area contributed by atoms with Crippen molar-refractivity contribution in [3.05, 3.63) is 35.1 Å². The Hall–Kier alpha value is -1.14. The highest BCUT2D eigenvalue weighted by atomic mass is 19.4. The molecule has 1 unspecified atom stereocenters. The molecule has 1 atom stereocenters. The zero-order valence-corrected chi connectivity index (χ0v) is 8.38. The van der Waals surface area contributed by atoms with Crippen LogP contribution in [-0.2, 0) is 10.9 Å². The minimum Gasteiger partial charge on any atom is -0.386 e. The molecule has 0 aromatic heterocycles. The second-order valence-corrected chi connectivity index (χ2v) is 3.24. The van der Waals surface area contributed by atoms with Crippen LogP contribution in [0.4, 0.5) is 17.6 Å². The molecule has 0 saturated carbocycles. The van der Waals surface area contributed by atoms with Gasteiger partial charge in [0.05, 0.1) is 12.2 Å². The SMILES string of the molecule is COCC(O)c1cc(F)cc(C(F)(F)F)c1. The van der Waals surface area contributed by atoms with Gasteiger partial charge in [0, 0.05) is 7.11 Å². The summed E-state index contributed by atoms with van der Waals surface area (Å²) >= 11 is 0. The number of ether oxygens (including phenoxy) is 1. The molecule has 0 saturated heterocycles. The number of hydrogen-bond donors (Lipinski definition) is 1. The van der Waals surface area contributed by atoms with Crippen LogP contribution in [0, 0.1) is 5.82 Å². The van der Waals surface area contributed by atoms with E-state index in [0.29, 0.717) is 12.1 Å². The molecule has 90 valence electrons. The van der Waals surface area contributed by atoms with Crippen LogP contribution >= 0.6 is 0 Å². The first-order valence-corrected chi connectivity index (χ1v) is 4.39. The minimum atomic E-state index is -4.64. The van der Waals surface area contributed by atoms with E-state index in [1.54, 1.807) is 0 Å². The van der Waals surface area contributed by atoms with E-state index in [1.165, 1.54) is 7.11 Å². The summed E-state index contributed by atoms with van der Waals surface area (Å²) in [5, 5.41) is 9.38. The maximum Gasteiger partial charge on any atom is 0.416 e. The third-order valence-electron chi connectivity index (χ3n) is 1.96. The van der Waals surface area contributed by atoms with Crippen LogP contribution in [0.3, 0.4) is 0 Å². The fraction of sp³-hybridized carbons (Fsp3) is 0.400. The Morgan fingerprint density at radius 2 is 1.94 bits per heavy atom. The highest BCUT2D eigenvalue weighted by molar-refractivity contribution is 5.28. The molecule has 0 heterocycles. The van der Waals surface area contributed by atoms with Crippen molar-refractivity contribution in [2.45, 2.75) is 12.3 Å². The van der Waals surface area contributed by atoms with Gasteiger partial charge in [-0.25, -0.2) is 4.39 Å². The first-order chi connectivity index (χ1) is 7.34. The first-order valence-electron chi connectivity index (χ1n) is 4.39. The van der Waals surface area contributed by atoms with Crippen LogP contribution in [0.15, 0.2) is 18.2 Å². The number of alkyl halides is 3. The number of aliphatic hydroxyl groups excluding tert-OH is 1. The smallest absolute Gasteiger partial charge is 0.386 e. The van der Waals surface area contributed by atoms with E-state index in [9.17, 15) is 22.7 Å². The molecule has 0 radical (unpaired) electrons. The van der Waals surface area contributed by atoms with Crippen LogP contribution in [0.25, 0.3) is 0 Å². The minimum absolute atomic E-state index is 0.158. The Bertz CT molecular complexity index is 362. The fourth-order valence-corrected chi connectivity index (χ4v) is 1.22. The molecule has 1 aromatic carbocycles. The van der Waals surface area contributed by atoms with Gasteiger partial charge in [-0.3, -0.25) is 0 Å². The van der Waals surface area contributed by atoms with Gasteiger partial charge in [0.15, 0.2) is 0 Å². The summed E-state index contributed by atoms with van der Waals surface area (Å²) in [7, 11) is 1.28. The lowest BCUT2D eigenvalue weighted by Gasteiger charge is -2.13. The molecule has 0 spiro atoms. The van der Waals surface area contributed by atoms with E-state index in [1.807, 2.05) is 0 Å². The maximum atomic E-state index is 12.9. The van der Waals surface area contributed by atoms with Crippen LogP contribution in [0.1, 0.15) is 17.2 Å². The van der Waals surface area contributed by atoms with Gasteiger partial charge < -0.3 is 9.84 Å². The molecule has 0 aliphatic heterocycles. The van der Waals surface area contributed by atoms with Crippen LogP contribution in [0.5, 0.6) is 0 Å². The zero-order chi connectivity index (χ0) is 12.3. The molecule has 16 heavy (non-hydrogen) atoms. The predicted octanol–water partition coefficient (Wildman–Crippen LogP) is 2.52. The first kappa shape index (κ1) is 12.9. The van der Waals surface area contributed by atoms with E-state index in [-0.39, 0.29) is 12.2 Å². The van der Waals surface area contributed by atoms with E-state index in [4.69, 9.17) is 0 Å². The second kappa shape index (κ2) is 4.80. The van der Waals surface area contributed by atoms with Gasteiger partial charge in [-0.2, -0.15) is 13.2 Å². The average molecular weight is 238 g/mol. The van der Waals surface area contributed by atoms with E-state index < -0.39 is 23.7 Å². The van der Waals surface area contributed by atoms with Gasteiger partial charge in [-0.15, -0.1) is 0 Å². The molecule has 1 N–H and O–H groups in total. The second-order valence-electron chi connectivity index (χ2n) is 3.24. The Kier molecular flexibility index (Phi) is 3.88. The molecule has 0 bridgehead atoms. The summed E-state index contributed by atoms with van der Waals surface area (Å²) in [4.78, 5) is 0. The predicted molar refractivity (Wildman–Crippen MR) is 48.2 cm³/mol. The van der Waals surface area contributed by atoms with Gasteiger partial charge in [-0.1, -0.05) is 0 Å². The summed E-state index contributed by atoms with van der Waals surface area (Å²) in [6.07, 6.45) is -5.91. The summed E-state index contributed by atoms with van der Waals surface area (Å²) in [6, 6.07) is 1.93. The van der Waals surface area contributed by atoms with Crippen LogP contribution < -0.4 is 0 Å². The molecule has 1 aromatic rings. The molecule has 2 nitrogen and oxygen atoms in total. The highest BCUT2D eigenvalue weighted by Crippen LogP contribution is 2.31. The molecule has 6 heteroatoms. The number of benzene rings is 1. The monoisotopic (exact) mass is 238 g/mol. The van der Waals surface area contributed by atoms with Crippen molar-refractivity contribution in [3.8, 4) is 0 Å². The number of rotatable bonds is 3. The molecular formula is C10H10F4O2. The lowest BCUT2D eigenvalue weighted by atomic mass is 10.1. The quantitative estimate of drug-likeness (QED) is 0.820. The topological polar surface area (TPSA) is 29.5 Å². The van der Waals surface area contributed by atoms with Crippen LogP contribution in [-0.4, -0.2) is 18.8 Å². The summed E-state index contributed by atoms with van der Waals surface area (Å²) in [5.41, 5.74) is -1.29. The molecule has 0 fully saturated rings. The molecule has 1 rings (SSSR count). The van der Waals surface area contributed by atoms with Crippen molar-refractivity contribution < 1.29 is 27.4 Å². The van der Waals surface area contributed by atoms with Gasteiger partial charge in [0.1, 0.15) is 11.9 Å². The third-order valence-corrected chi connectivity index (χ3v) is 1.96. The van der Waals surface area contributed by atoms with Crippen molar-refractivity contribution >= 4 is 0 Å². The Morgan fingerprint density at radius 1 is 1.31 bits per heavy atom. The lowest BCUT2D eigenvalue weighted by molar-refractivity contribution is -0.137. The van der Waals surface area contributed by atoms with E-state index in [0.717, 1.165) is 6.07 Å². The number of methoxy groups -OCH3 is 1. The highest BCUT2D eigenvalue weighted by Gasteiger charge is 2.31. The van der Waals surface area contributed by atoms with Crippen molar-refractivity contribution in [2.24, 2.45) is 0 Å². The number of hydrogen-bond acceptors (Lipinski definition) is 2. The largest absolute Gasteiger partial charge is 0.416 e. The number of aliphatic hydroxyl groups is 1. The van der Waals surface area contributed by atoms with Gasteiger partial charge >= 0.3 is 6.18 Å². The maximum absolute atomic E-state index is 12.9. The van der Waals surface area contributed by atoms with Gasteiger partial charge in [0.2, 0.25) is 0 Å². The normalized spacial score (nSPS) is 13.9. The summed E-state index contributed by atoms with van der Waals surface area (Å²) in [5.74, 6) is -1.04. The molecule has 0 aliphatic rings. The zero-order valence-electron chi connectivity index (χ0n) is 8.38. The van der Waals surface area contributed by atoms with Crippen molar-refractivity contribution in [2.75, 3.05) is 13.7 Å². The third kappa shape index (κ3) is 3.18. The van der Waals surface area contributed by atoms with Crippen molar-refractivity contribution in [3.63, 3.8) is 0 Å². The molecule has 0 amide bonds. The summed E-state index contributed by atoms with van der Waals surface area (Å²) in [6.45, 7) is -0.194. The standard InChI is InChI=1S/C10H10F4O2/c1-16-5-9(15)6-2-7(10(12,13)14)4-8(11)3-6/h2-4,9,15H,5H2,1H3. The average Bonchev–Trinajstić information content (AvgIpc) is 2.16. The van der Waals surface area contributed by atoms with Crippen LogP contribution in [0.2, 0.25) is 0 Å². The Balaban J connectivity index is 3.08. The van der Waals surface area contributed by atoms with E-state index >= 15 is 0 Å². The fourth-order valence-electron chi connectivity index (χ4n) is 1.22. The van der Waals surface area contributed by atoms with Gasteiger partial charge in [0.25, 0.3) is 0 Å². The van der Waals surface area contributed by atoms with Gasteiger partial charge in [-0.05, 0) is 23.8 Å². The molecule has 0 aliphatic carbocycles. The Morgan fingerprint density at radius 3 is 2.44 bits per heavy atom.